The molecule has 1 saturated heterocycles. The van der Waals surface area contributed by atoms with Crippen molar-refractivity contribution in [2.75, 3.05) is 0 Å². The Morgan fingerprint density at radius 3 is 3.13 bits per heavy atom. The van der Waals surface area contributed by atoms with Crippen LogP contribution in [0.1, 0.15) is 32.6 Å². The Kier molecular flexibility index (Phi) is 2.11. The number of carbonyl (C=O) groups is 1. The van der Waals surface area contributed by atoms with Gasteiger partial charge in [0.1, 0.15) is 6.10 Å². The molecule has 0 N–H and O–H groups in total. The van der Waals surface area contributed by atoms with E-state index in [1.165, 1.54) is 19.3 Å². The van der Waals surface area contributed by atoms with Crippen LogP contribution in [0.5, 0.6) is 0 Å². The van der Waals surface area contributed by atoms with Gasteiger partial charge in [0.25, 0.3) is 0 Å². The van der Waals surface area contributed by atoms with Crippen LogP contribution in [0.2, 0.25) is 0 Å². The van der Waals surface area contributed by atoms with E-state index in [-0.39, 0.29) is 12.1 Å². The molecule has 2 nitrogen and oxygen atoms in total. The van der Waals surface area contributed by atoms with Crippen LogP contribution in [-0.4, -0.2) is 12.1 Å². The van der Waals surface area contributed by atoms with Gasteiger partial charge in [-0.1, -0.05) is 19.1 Å². The number of carbonyl (C=O) groups excluding carboxylic acids is 1. The van der Waals surface area contributed by atoms with E-state index in [4.69, 9.17) is 4.74 Å². The van der Waals surface area contributed by atoms with Crippen LogP contribution in [0.4, 0.5) is 0 Å². The minimum Gasteiger partial charge on any atom is -0.462 e. The van der Waals surface area contributed by atoms with E-state index in [1.807, 2.05) is 0 Å². The zero-order valence-electron chi connectivity index (χ0n) is 9.19. The Balaban J connectivity index is 1.93. The Morgan fingerprint density at radius 2 is 2.27 bits per heavy atom. The standard InChI is InChI=1S/C13H18O2/c1-8-5-6-9-3-2-4-10-7-11(14)15-13(8)12(9)10/h2,4,8-10,12-13H,3,5-7H2,1H3/t8-,9+,10-,12+,13-/m0/s1. The maximum atomic E-state index is 11.5. The molecule has 0 aromatic rings. The van der Waals surface area contributed by atoms with Gasteiger partial charge in [0.05, 0.1) is 6.42 Å². The van der Waals surface area contributed by atoms with Crippen LogP contribution in [0, 0.1) is 23.7 Å². The first-order chi connectivity index (χ1) is 7.25. The second kappa shape index (κ2) is 3.36. The smallest absolute Gasteiger partial charge is 0.306 e. The van der Waals surface area contributed by atoms with Gasteiger partial charge in [-0.15, -0.1) is 0 Å². The Morgan fingerprint density at radius 1 is 1.40 bits per heavy atom. The van der Waals surface area contributed by atoms with Crippen molar-refractivity contribution in [1.29, 1.82) is 0 Å². The summed E-state index contributed by atoms with van der Waals surface area (Å²) in [6, 6.07) is 0. The minimum atomic E-state index is 0.0142. The molecule has 3 aliphatic rings. The number of rotatable bonds is 0. The van der Waals surface area contributed by atoms with Crippen LogP contribution < -0.4 is 0 Å². The lowest BCUT2D eigenvalue weighted by Crippen LogP contribution is -2.49. The van der Waals surface area contributed by atoms with Gasteiger partial charge in [-0.2, -0.15) is 0 Å². The largest absolute Gasteiger partial charge is 0.462 e. The van der Waals surface area contributed by atoms with E-state index < -0.39 is 0 Å². The molecular formula is C13H18O2. The van der Waals surface area contributed by atoms with E-state index in [2.05, 4.69) is 19.1 Å². The molecule has 1 aliphatic heterocycles. The predicted octanol–water partition coefficient (Wildman–Crippen LogP) is 2.54. The summed E-state index contributed by atoms with van der Waals surface area (Å²) in [4.78, 5) is 11.5. The third-order valence-corrected chi connectivity index (χ3v) is 4.46. The molecule has 0 amide bonds. The molecule has 1 saturated carbocycles. The highest BCUT2D eigenvalue weighted by atomic mass is 16.5. The lowest BCUT2D eigenvalue weighted by atomic mass is 9.62. The second-order valence-electron chi connectivity index (χ2n) is 5.38. The van der Waals surface area contributed by atoms with Gasteiger partial charge in [0.2, 0.25) is 0 Å². The minimum absolute atomic E-state index is 0.0142. The van der Waals surface area contributed by atoms with Crippen LogP contribution in [0.15, 0.2) is 12.2 Å². The monoisotopic (exact) mass is 206 g/mol. The zero-order valence-corrected chi connectivity index (χ0v) is 9.19. The number of allylic oxidation sites excluding steroid dienone is 2. The van der Waals surface area contributed by atoms with Crippen molar-refractivity contribution in [3.63, 3.8) is 0 Å². The SMILES string of the molecule is C[C@H]1CC[C@H]2CC=C[C@H]3CC(=O)O[C@@H]1[C@H]23. The topological polar surface area (TPSA) is 26.3 Å². The highest BCUT2D eigenvalue weighted by Gasteiger charge is 2.47. The first-order valence-corrected chi connectivity index (χ1v) is 6.12. The molecule has 0 bridgehead atoms. The summed E-state index contributed by atoms with van der Waals surface area (Å²) in [6.45, 7) is 2.23. The van der Waals surface area contributed by atoms with E-state index >= 15 is 0 Å². The van der Waals surface area contributed by atoms with Crippen molar-refractivity contribution in [3.05, 3.63) is 12.2 Å². The lowest BCUT2D eigenvalue weighted by molar-refractivity contribution is -0.174. The molecule has 2 fully saturated rings. The van der Waals surface area contributed by atoms with Crippen LogP contribution in [0.25, 0.3) is 0 Å². The van der Waals surface area contributed by atoms with Crippen LogP contribution in [-0.2, 0) is 9.53 Å². The highest BCUT2D eigenvalue weighted by molar-refractivity contribution is 5.71. The number of hydrogen-bond acceptors (Lipinski definition) is 2. The van der Waals surface area contributed by atoms with Crippen molar-refractivity contribution in [3.8, 4) is 0 Å². The fourth-order valence-electron chi connectivity index (χ4n) is 3.70. The quantitative estimate of drug-likeness (QED) is 0.449. The fraction of sp³-hybridized carbons (Fsp3) is 0.769. The third kappa shape index (κ3) is 1.42. The normalized spacial score (nSPS) is 48.3. The summed E-state index contributed by atoms with van der Waals surface area (Å²) in [6.07, 6.45) is 9.09. The average Bonchev–Trinajstić information content (AvgIpc) is 2.23. The Bertz CT molecular complexity index is 308. The van der Waals surface area contributed by atoms with Crippen molar-refractivity contribution in [2.24, 2.45) is 23.7 Å². The molecule has 0 spiro atoms. The summed E-state index contributed by atoms with van der Waals surface area (Å²) in [5, 5.41) is 0. The van der Waals surface area contributed by atoms with E-state index in [0.717, 1.165) is 5.92 Å². The molecule has 82 valence electrons. The van der Waals surface area contributed by atoms with Crippen molar-refractivity contribution in [1.82, 2.24) is 0 Å². The highest BCUT2D eigenvalue weighted by Crippen LogP contribution is 2.47. The molecule has 2 aliphatic carbocycles. The van der Waals surface area contributed by atoms with E-state index in [0.29, 0.717) is 24.2 Å². The molecule has 0 aromatic carbocycles. The van der Waals surface area contributed by atoms with Crippen molar-refractivity contribution in [2.45, 2.75) is 38.7 Å². The van der Waals surface area contributed by atoms with Gasteiger partial charge in [-0.3, -0.25) is 4.79 Å². The molecule has 3 rings (SSSR count). The van der Waals surface area contributed by atoms with Gasteiger partial charge in [0, 0.05) is 5.92 Å². The molecule has 0 aromatic heterocycles. The predicted molar refractivity (Wildman–Crippen MR) is 57.1 cm³/mol. The Labute approximate surface area is 90.7 Å². The maximum absolute atomic E-state index is 11.5. The van der Waals surface area contributed by atoms with Gasteiger partial charge >= 0.3 is 5.97 Å². The summed E-state index contributed by atoms with van der Waals surface area (Å²) in [5.74, 6) is 2.44. The first kappa shape index (κ1) is 9.44. The molecule has 1 heterocycles. The molecule has 2 heteroatoms. The van der Waals surface area contributed by atoms with Crippen molar-refractivity contribution >= 4 is 5.97 Å². The van der Waals surface area contributed by atoms with Crippen LogP contribution >= 0.6 is 0 Å². The van der Waals surface area contributed by atoms with Gasteiger partial charge in [-0.05, 0) is 37.0 Å². The molecular weight excluding hydrogens is 188 g/mol. The molecule has 15 heavy (non-hydrogen) atoms. The van der Waals surface area contributed by atoms with Crippen LogP contribution in [0.3, 0.4) is 0 Å². The zero-order chi connectivity index (χ0) is 10.4. The molecule has 5 atom stereocenters. The molecule has 0 unspecified atom stereocenters. The number of hydrogen-bond donors (Lipinski definition) is 0. The van der Waals surface area contributed by atoms with E-state index in [1.54, 1.807) is 0 Å². The van der Waals surface area contributed by atoms with Crippen molar-refractivity contribution < 1.29 is 9.53 Å². The number of esters is 1. The average molecular weight is 206 g/mol. The van der Waals surface area contributed by atoms with E-state index in [9.17, 15) is 4.79 Å². The summed E-state index contributed by atoms with van der Waals surface area (Å²) < 4.78 is 5.57. The lowest BCUT2D eigenvalue weighted by Gasteiger charge is -2.48. The summed E-state index contributed by atoms with van der Waals surface area (Å²) in [5.41, 5.74) is 0. The fourth-order valence-corrected chi connectivity index (χ4v) is 3.70. The van der Waals surface area contributed by atoms with Gasteiger partial charge in [-0.25, -0.2) is 0 Å². The van der Waals surface area contributed by atoms with Gasteiger partial charge < -0.3 is 4.74 Å². The second-order valence-corrected chi connectivity index (χ2v) is 5.38. The number of ether oxygens (including phenoxy) is 1. The Hall–Kier alpha value is -0.790. The first-order valence-electron chi connectivity index (χ1n) is 6.12. The maximum Gasteiger partial charge on any atom is 0.306 e. The summed E-state index contributed by atoms with van der Waals surface area (Å²) >= 11 is 0. The third-order valence-electron chi connectivity index (χ3n) is 4.46. The molecule has 0 radical (unpaired) electrons. The summed E-state index contributed by atoms with van der Waals surface area (Å²) in [7, 11) is 0. The van der Waals surface area contributed by atoms with Gasteiger partial charge in [0.15, 0.2) is 0 Å².